The molecular weight excluding hydrogens is 507 g/mol. The van der Waals surface area contributed by atoms with Gasteiger partial charge >= 0.3 is 6.18 Å². The van der Waals surface area contributed by atoms with Crippen LogP contribution in [0.5, 0.6) is 0 Å². The van der Waals surface area contributed by atoms with Gasteiger partial charge in [0.2, 0.25) is 10.0 Å². The van der Waals surface area contributed by atoms with Crippen molar-refractivity contribution in [1.82, 2.24) is 14.6 Å². The highest BCUT2D eigenvalue weighted by molar-refractivity contribution is 7.89. The Bertz CT molecular complexity index is 1320. The highest BCUT2D eigenvalue weighted by Crippen LogP contribution is 2.35. The second-order valence-electron chi connectivity index (χ2n) is 8.91. The van der Waals surface area contributed by atoms with Crippen LogP contribution in [-0.4, -0.2) is 43.2 Å². The summed E-state index contributed by atoms with van der Waals surface area (Å²) in [6.07, 6.45) is -1.98. The van der Waals surface area contributed by atoms with E-state index in [0.29, 0.717) is 36.6 Å². The Labute approximate surface area is 213 Å². The van der Waals surface area contributed by atoms with Crippen LogP contribution in [0.4, 0.5) is 13.2 Å². The van der Waals surface area contributed by atoms with E-state index < -0.39 is 21.8 Å². The molecular formula is C26H28F3N3O4S. The predicted octanol–water partition coefficient (Wildman–Crippen LogP) is 5.46. The van der Waals surface area contributed by atoms with Gasteiger partial charge < -0.3 is 9.73 Å². The quantitative estimate of drug-likeness (QED) is 0.387. The summed E-state index contributed by atoms with van der Waals surface area (Å²) in [4.78, 5) is 17.2. The molecule has 1 aliphatic rings. The van der Waals surface area contributed by atoms with Gasteiger partial charge in [-0.2, -0.15) is 17.5 Å². The smallest absolute Gasteiger partial charge is 0.416 e. The molecule has 0 spiro atoms. The van der Waals surface area contributed by atoms with E-state index in [2.05, 4.69) is 10.3 Å². The van der Waals surface area contributed by atoms with Gasteiger partial charge in [-0.1, -0.05) is 43.7 Å². The average molecular weight is 536 g/mol. The minimum absolute atomic E-state index is 0.148. The van der Waals surface area contributed by atoms with Crippen LogP contribution in [-0.2, 0) is 16.2 Å². The molecule has 2 aromatic carbocycles. The number of aromatic nitrogens is 1. The number of hydrogen-bond donors (Lipinski definition) is 1. The molecule has 2 heterocycles. The average Bonchev–Trinajstić information content (AvgIpc) is 3.35. The van der Waals surface area contributed by atoms with Crippen molar-refractivity contribution in [3.8, 4) is 11.3 Å². The lowest BCUT2D eigenvalue weighted by atomic mass is 9.98. The number of piperidine rings is 1. The summed E-state index contributed by atoms with van der Waals surface area (Å²) in [6.45, 7) is 2.84. The Morgan fingerprint density at radius 3 is 2.32 bits per heavy atom. The zero-order valence-electron chi connectivity index (χ0n) is 20.3. The fraction of sp³-hybridized carbons (Fsp3) is 0.385. The number of amides is 1. The second kappa shape index (κ2) is 11.1. The predicted molar refractivity (Wildman–Crippen MR) is 131 cm³/mol. The minimum atomic E-state index is -4.54. The third-order valence-electron chi connectivity index (χ3n) is 6.33. The van der Waals surface area contributed by atoms with Crippen LogP contribution >= 0.6 is 0 Å². The van der Waals surface area contributed by atoms with Gasteiger partial charge in [0, 0.05) is 31.1 Å². The monoisotopic (exact) mass is 535 g/mol. The molecule has 3 aromatic rings. The van der Waals surface area contributed by atoms with Crippen molar-refractivity contribution < 1.29 is 30.8 Å². The van der Waals surface area contributed by atoms with Crippen LogP contribution in [0.25, 0.3) is 11.3 Å². The third-order valence-corrected chi connectivity index (χ3v) is 8.25. The number of alkyl halides is 3. The van der Waals surface area contributed by atoms with Crippen LogP contribution in [0, 0.1) is 0 Å². The number of sulfonamides is 1. The van der Waals surface area contributed by atoms with Gasteiger partial charge in [-0.15, -0.1) is 0 Å². The van der Waals surface area contributed by atoms with Crippen molar-refractivity contribution in [3.63, 3.8) is 0 Å². The van der Waals surface area contributed by atoms with E-state index in [1.54, 1.807) is 0 Å². The molecule has 0 bridgehead atoms. The lowest BCUT2D eigenvalue weighted by Gasteiger charge is -2.29. The molecule has 11 heteroatoms. The van der Waals surface area contributed by atoms with Gasteiger partial charge in [0.05, 0.1) is 10.5 Å². The van der Waals surface area contributed by atoms with E-state index in [4.69, 9.17) is 4.42 Å². The van der Waals surface area contributed by atoms with Crippen LogP contribution in [0.2, 0.25) is 0 Å². The number of nitrogens with one attached hydrogen (secondary N) is 1. The lowest BCUT2D eigenvalue weighted by Crippen LogP contribution is -2.38. The molecule has 1 aromatic heterocycles. The topological polar surface area (TPSA) is 92.5 Å². The Kier molecular flexibility index (Phi) is 8.03. The van der Waals surface area contributed by atoms with Gasteiger partial charge in [0.25, 0.3) is 5.91 Å². The van der Waals surface area contributed by atoms with Gasteiger partial charge in [0.1, 0.15) is 0 Å². The fourth-order valence-corrected chi connectivity index (χ4v) is 5.69. The summed E-state index contributed by atoms with van der Waals surface area (Å²) < 4.78 is 71.9. The van der Waals surface area contributed by atoms with Crippen LogP contribution in [0.3, 0.4) is 0 Å². The number of oxazole rings is 1. The van der Waals surface area contributed by atoms with E-state index >= 15 is 0 Å². The molecule has 0 unspecified atom stereocenters. The molecule has 37 heavy (non-hydrogen) atoms. The third kappa shape index (κ3) is 6.04. The summed E-state index contributed by atoms with van der Waals surface area (Å²) in [5.74, 6) is 0.193. The van der Waals surface area contributed by atoms with Gasteiger partial charge in [-0.25, -0.2) is 13.4 Å². The van der Waals surface area contributed by atoms with E-state index in [9.17, 15) is 26.4 Å². The number of nitrogens with zero attached hydrogens (tertiary/aromatic N) is 2. The highest BCUT2D eigenvalue weighted by Gasteiger charge is 2.35. The minimum Gasteiger partial charge on any atom is -0.440 e. The van der Waals surface area contributed by atoms with Crippen molar-refractivity contribution in [1.29, 1.82) is 0 Å². The number of carbonyl (C=O) groups excluding carboxylic acids is 1. The molecule has 7 nitrogen and oxygen atoms in total. The Morgan fingerprint density at radius 2 is 1.73 bits per heavy atom. The SMILES string of the molecule is CCCCNC(=O)c1nc(C2CCN(S(=O)(=O)c3ccc(C(F)(F)F)cc3)CC2)oc1-c1ccccc1. The zero-order valence-corrected chi connectivity index (χ0v) is 21.1. The molecule has 1 aliphatic heterocycles. The molecule has 0 atom stereocenters. The second-order valence-corrected chi connectivity index (χ2v) is 10.8. The molecule has 198 valence electrons. The van der Waals surface area contributed by atoms with Crippen molar-refractivity contribution in [3.05, 3.63) is 71.7 Å². The summed E-state index contributed by atoms with van der Waals surface area (Å²) in [6, 6.07) is 12.7. The van der Waals surface area contributed by atoms with Crippen molar-refractivity contribution >= 4 is 15.9 Å². The summed E-state index contributed by atoms with van der Waals surface area (Å²) in [5.41, 5.74) is -0.000810. The maximum absolute atomic E-state index is 13.0. The summed E-state index contributed by atoms with van der Waals surface area (Å²) >= 11 is 0. The largest absolute Gasteiger partial charge is 0.440 e. The number of carbonyl (C=O) groups is 1. The van der Waals surface area contributed by atoms with Gasteiger partial charge in [-0.05, 0) is 43.5 Å². The van der Waals surface area contributed by atoms with Crippen molar-refractivity contribution in [2.45, 2.75) is 49.6 Å². The maximum atomic E-state index is 13.0. The lowest BCUT2D eigenvalue weighted by molar-refractivity contribution is -0.137. The Morgan fingerprint density at radius 1 is 1.08 bits per heavy atom. The molecule has 1 saturated heterocycles. The first-order valence-electron chi connectivity index (χ1n) is 12.1. The highest BCUT2D eigenvalue weighted by atomic mass is 32.2. The molecule has 1 amide bonds. The first-order chi connectivity index (χ1) is 17.6. The maximum Gasteiger partial charge on any atom is 0.416 e. The Balaban J connectivity index is 1.50. The van der Waals surface area contributed by atoms with E-state index in [1.807, 2.05) is 37.3 Å². The number of halogens is 3. The number of benzene rings is 2. The number of hydrogen-bond acceptors (Lipinski definition) is 5. The van der Waals surface area contributed by atoms with Crippen LogP contribution in [0.1, 0.15) is 60.5 Å². The fourth-order valence-electron chi connectivity index (χ4n) is 4.22. The van der Waals surface area contributed by atoms with E-state index in [0.717, 1.165) is 37.1 Å². The summed E-state index contributed by atoms with van der Waals surface area (Å²) in [5, 5.41) is 2.87. The van der Waals surface area contributed by atoms with Crippen molar-refractivity contribution in [2.24, 2.45) is 0 Å². The normalized spacial score (nSPS) is 15.6. The van der Waals surface area contributed by atoms with Crippen molar-refractivity contribution in [2.75, 3.05) is 19.6 Å². The number of unbranched alkanes of at least 4 members (excludes halogenated alkanes) is 1. The van der Waals surface area contributed by atoms with Gasteiger partial charge in [0.15, 0.2) is 17.3 Å². The molecule has 0 radical (unpaired) electrons. The molecule has 0 saturated carbocycles. The number of rotatable bonds is 8. The van der Waals surface area contributed by atoms with E-state index in [-0.39, 0.29) is 35.5 Å². The molecule has 0 aliphatic carbocycles. The molecule has 4 rings (SSSR count). The standard InChI is InChI=1S/C26H28F3N3O4S/c1-2-3-15-30-24(33)22-23(18-7-5-4-6-8-18)36-25(31-22)19-13-16-32(17-14-19)37(34,35)21-11-9-20(10-12-21)26(27,28)29/h4-12,19H,2-3,13-17H2,1H3,(H,30,33). The Hall–Kier alpha value is -3.18. The van der Waals surface area contributed by atoms with Crippen LogP contribution < -0.4 is 5.32 Å². The first kappa shape index (κ1) is 26.9. The first-order valence-corrected chi connectivity index (χ1v) is 13.6. The van der Waals surface area contributed by atoms with E-state index in [1.165, 1.54) is 4.31 Å². The molecule has 1 fully saturated rings. The molecule has 1 N–H and O–H groups in total. The van der Waals surface area contributed by atoms with Crippen LogP contribution in [0.15, 0.2) is 63.9 Å². The van der Waals surface area contributed by atoms with Gasteiger partial charge in [-0.3, -0.25) is 4.79 Å². The summed E-state index contributed by atoms with van der Waals surface area (Å²) in [7, 11) is -3.95. The zero-order chi connectivity index (χ0) is 26.6.